The van der Waals surface area contributed by atoms with Gasteiger partial charge in [-0.3, -0.25) is 0 Å². The van der Waals surface area contributed by atoms with Crippen molar-refractivity contribution in [2.24, 2.45) is 0 Å². The molecule has 0 unspecified atom stereocenters. The number of unbranched alkanes of at least 4 members (excludes halogenated alkanes) is 1. The van der Waals surface area contributed by atoms with E-state index in [1.807, 2.05) is 6.07 Å². The Balaban J connectivity index is 2.42. The molecule has 0 aliphatic rings. The molecule has 21 heavy (non-hydrogen) atoms. The topological polar surface area (TPSA) is 43.4 Å². The highest BCUT2D eigenvalue weighted by Gasteiger charge is 2.03. The van der Waals surface area contributed by atoms with Crippen molar-refractivity contribution in [1.82, 2.24) is 10.3 Å². The first-order valence-corrected chi connectivity index (χ1v) is 8.21. The van der Waals surface area contributed by atoms with E-state index >= 15 is 0 Å². The maximum absolute atomic E-state index is 5.71. The van der Waals surface area contributed by atoms with E-state index in [-0.39, 0.29) is 0 Å². The summed E-state index contributed by atoms with van der Waals surface area (Å²) in [5.74, 6) is 0.710. The van der Waals surface area contributed by atoms with Crippen molar-refractivity contribution in [1.29, 1.82) is 0 Å². The summed E-state index contributed by atoms with van der Waals surface area (Å²) in [6.45, 7) is 10.3. The minimum atomic E-state index is 0.561. The van der Waals surface area contributed by atoms with Gasteiger partial charge in [-0.2, -0.15) is 0 Å². The Kier molecular flexibility index (Phi) is 9.83. The highest BCUT2D eigenvalue weighted by atomic mass is 16.5. The normalized spacial score (nSPS) is 10.8. The summed E-state index contributed by atoms with van der Waals surface area (Å²) in [4.78, 5) is 4.51. The van der Waals surface area contributed by atoms with Gasteiger partial charge in [0.05, 0.1) is 6.61 Å². The largest absolute Gasteiger partial charge is 0.475 e. The summed E-state index contributed by atoms with van der Waals surface area (Å²) in [7, 11) is 0. The molecule has 0 spiro atoms. The number of aromatic nitrogens is 1. The second-order valence-electron chi connectivity index (χ2n) is 5.15. The molecule has 0 aliphatic carbocycles. The van der Waals surface area contributed by atoms with Gasteiger partial charge in [0.25, 0.3) is 0 Å². The molecule has 1 heterocycles. The molecule has 0 amide bonds. The van der Waals surface area contributed by atoms with Gasteiger partial charge in [-0.05, 0) is 37.4 Å². The van der Waals surface area contributed by atoms with E-state index in [4.69, 9.17) is 9.47 Å². The molecule has 4 nitrogen and oxygen atoms in total. The van der Waals surface area contributed by atoms with Gasteiger partial charge in [0.2, 0.25) is 5.88 Å². The Bertz CT molecular complexity index is 383. The van der Waals surface area contributed by atoms with Crippen molar-refractivity contribution in [3.05, 3.63) is 23.4 Å². The molecule has 0 bridgehead atoms. The molecule has 1 N–H and O–H groups in total. The van der Waals surface area contributed by atoms with Crippen LogP contribution in [0.5, 0.6) is 5.88 Å². The molecular formula is C17H30N2O2. The van der Waals surface area contributed by atoms with Gasteiger partial charge in [-0.15, -0.1) is 0 Å². The fraction of sp³-hybridized carbons (Fsp3) is 0.706. The van der Waals surface area contributed by atoms with Gasteiger partial charge in [0, 0.05) is 24.9 Å². The fourth-order valence-corrected chi connectivity index (χ4v) is 1.94. The molecule has 1 aromatic rings. The summed E-state index contributed by atoms with van der Waals surface area (Å²) in [5.41, 5.74) is 2.31. The summed E-state index contributed by atoms with van der Waals surface area (Å²) in [5, 5.41) is 3.41. The highest BCUT2D eigenvalue weighted by molar-refractivity contribution is 5.25. The van der Waals surface area contributed by atoms with Crippen LogP contribution in [0.2, 0.25) is 0 Å². The summed E-state index contributed by atoms with van der Waals surface area (Å²) < 4.78 is 11.2. The first-order chi connectivity index (χ1) is 10.3. The van der Waals surface area contributed by atoms with Crippen molar-refractivity contribution < 1.29 is 9.47 Å². The third kappa shape index (κ3) is 8.02. The van der Waals surface area contributed by atoms with Crippen LogP contribution < -0.4 is 10.1 Å². The van der Waals surface area contributed by atoms with Gasteiger partial charge in [0.15, 0.2) is 0 Å². The van der Waals surface area contributed by atoms with Gasteiger partial charge < -0.3 is 14.8 Å². The number of nitrogens with one attached hydrogen (secondary N) is 1. The maximum atomic E-state index is 5.71. The van der Waals surface area contributed by atoms with Crippen LogP contribution in [0.4, 0.5) is 0 Å². The predicted octanol–water partition coefficient (Wildman–Crippen LogP) is 3.34. The lowest BCUT2D eigenvalue weighted by molar-refractivity contribution is 0.0964. The van der Waals surface area contributed by atoms with Crippen LogP contribution in [0.1, 0.15) is 51.3 Å². The zero-order valence-electron chi connectivity index (χ0n) is 13.8. The van der Waals surface area contributed by atoms with E-state index in [0.29, 0.717) is 19.1 Å². The second-order valence-corrected chi connectivity index (χ2v) is 5.15. The fourth-order valence-electron chi connectivity index (χ4n) is 1.94. The maximum Gasteiger partial charge on any atom is 0.213 e. The Labute approximate surface area is 129 Å². The first kappa shape index (κ1) is 17.9. The molecule has 4 heteroatoms. The van der Waals surface area contributed by atoms with E-state index in [0.717, 1.165) is 51.1 Å². The minimum Gasteiger partial charge on any atom is -0.475 e. The number of rotatable bonds is 12. The van der Waals surface area contributed by atoms with E-state index in [2.05, 4.69) is 37.1 Å². The Morgan fingerprint density at radius 2 is 1.90 bits per heavy atom. The van der Waals surface area contributed by atoms with Crippen LogP contribution in [0.15, 0.2) is 12.1 Å². The summed E-state index contributed by atoms with van der Waals surface area (Å²) >= 11 is 0. The van der Waals surface area contributed by atoms with Crippen molar-refractivity contribution in [2.75, 3.05) is 26.4 Å². The van der Waals surface area contributed by atoms with Crippen molar-refractivity contribution in [3.63, 3.8) is 0 Å². The summed E-state index contributed by atoms with van der Waals surface area (Å²) in [6.07, 6.45) is 4.33. The molecule has 0 saturated carbocycles. The zero-order valence-corrected chi connectivity index (χ0v) is 13.8. The smallest absolute Gasteiger partial charge is 0.213 e. The molecule has 0 aliphatic heterocycles. The molecule has 0 radical (unpaired) electrons. The second kappa shape index (κ2) is 11.5. The third-order valence-corrected chi connectivity index (χ3v) is 3.15. The standard InChI is InChI=1S/C17H30N2O2/c1-4-7-9-20-10-11-21-17-13-15(14-18-8-5-2)12-16(6-3)19-17/h12-13,18H,4-11,14H2,1-3H3. The molecule has 0 aromatic carbocycles. The first-order valence-electron chi connectivity index (χ1n) is 8.21. The lowest BCUT2D eigenvalue weighted by Crippen LogP contribution is -2.15. The lowest BCUT2D eigenvalue weighted by Gasteiger charge is -2.10. The molecule has 0 fully saturated rings. The van der Waals surface area contributed by atoms with Crippen molar-refractivity contribution in [3.8, 4) is 5.88 Å². The number of aryl methyl sites for hydroxylation is 1. The summed E-state index contributed by atoms with van der Waals surface area (Å²) in [6, 6.07) is 4.17. The number of hydrogen-bond donors (Lipinski definition) is 1. The quantitative estimate of drug-likeness (QED) is 0.600. The van der Waals surface area contributed by atoms with Crippen LogP contribution in [-0.2, 0) is 17.7 Å². The van der Waals surface area contributed by atoms with E-state index in [1.54, 1.807) is 0 Å². The van der Waals surface area contributed by atoms with E-state index in [1.165, 1.54) is 5.56 Å². The molecule has 1 aromatic heterocycles. The number of hydrogen-bond acceptors (Lipinski definition) is 4. The molecule has 1 rings (SSSR count). The average Bonchev–Trinajstić information content (AvgIpc) is 2.51. The van der Waals surface area contributed by atoms with Gasteiger partial charge in [-0.25, -0.2) is 4.98 Å². The van der Waals surface area contributed by atoms with E-state index in [9.17, 15) is 0 Å². The molecule has 120 valence electrons. The number of pyridine rings is 1. The Morgan fingerprint density at radius 3 is 2.62 bits per heavy atom. The molecule has 0 atom stereocenters. The molecule has 0 saturated heterocycles. The number of ether oxygens (including phenoxy) is 2. The van der Waals surface area contributed by atoms with Crippen LogP contribution in [0, 0.1) is 0 Å². The van der Waals surface area contributed by atoms with Crippen molar-refractivity contribution in [2.45, 2.75) is 53.0 Å². The van der Waals surface area contributed by atoms with Gasteiger partial charge in [0.1, 0.15) is 6.61 Å². The monoisotopic (exact) mass is 294 g/mol. The average molecular weight is 294 g/mol. The Morgan fingerprint density at radius 1 is 1.05 bits per heavy atom. The van der Waals surface area contributed by atoms with E-state index < -0.39 is 0 Å². The van der Waals surface area contributed by atoms with Crippen LogP contribution in [-0.4, -0.2) is 31.3 Å². The Hall–Kier alpha value is -1.13. The SMILES string of the molecule is CCCCOCCOc1cc(CNCCC)cc(CC)n1. The van der Waals surface area contributed by atoms with Gasteiger partial charge >= 0.3 is 0 Å². The van der Waals surface area contributed by atoms with Gasteiger partial charge in [-0.1, -0.05) is 27.2 Å². The van der Waals surface area contributed by atoms with Crippen LogP contribution >= 0.6 is 0 Å². The third-order valence-electron chi connectivity index (χ3n) is 3.15. The predicted molar refractivity (Wildman–Crippen MR) is 86.8 cm³/mol. The van der Waals surface area contributed by atoms with Crippen LogP contribution in [0.3, 0.4) is 0 Å². The highest BCUT2D eigenvalue weighted by Crippen LogP contribution is 2.13. The molecular weight excluding hydrogens is 264 g/mol. The lowest BCUT2D eigenvalue weighted by atomic mass is 10.2. The zero-order chi connectivity index (χ0) is 15.3. The minimum absolute atomic E-state index is 0.561. The van der Waals surface area contributed by atoms with Crippen LogP contribution in [0.25, 0.3) is 0 Å². The number of nitrogens with zero attached hydrogens (tertiary/aromatic N) is 1. The van der Waals surface area contributed by atoms with Crippen molar-refractivity contribution >= 4 is 0 Å².